The van der Waals surface area contributed by atoms with Crippen molar-refractivity contribution in [2.75, 3.05) is 0 Å². The van der Waals surface area contributed by atoms with Crippen molar-refractivity contribution in [1.29, 1.82) is 0 Å². The quantitative estimate of drug-likeness (QED) is 0.520. The average Bonchev–Trinajstić information content (AvgIpc) is 3.24. The van der Waals surface area contributed by atoms with Gasteiger partial charge in [0.15, 0.2) is 5.78 Å². The molecule has 32 heavy (non-hydrogen) atoms. The van der Waals surface area contributed by atoms with Crippen LogP contribution in [-0.2, 0) is 14.3 Å². The van der Waals surface area contributed by atoms with Crippen molar-refractivity contribution in [1.82, 2.24) is 0 Å². The van der Waals surface area contributed by atoms with Gasteiger partial charge in [0.05, 0.1) is 5.25 Å². The van der Waals surface area contributed by atoms with E-state index in [1.165, 1.54) is 6.08 Å². The fraction of sp³-hybridized carbons (Fsp3) is 0.185. The first-order valence-electron chi connectivity index (χ1n) is 10.6. The summed E-state index contributed by atoms with van der Waals surface area (Å²) in [6.07, 6.45) is 2.63. The molecule has 1 spiro atoms. The Labute approximate surface area is 191 Å². The van der Waals surface area contributed by atoms with E-state index in [1.807, 2.05) is 78.9 Å². The second-order valence-corrected chi connectivity index (χ2v) is 9.06. The summed E-state index contributed by atoms with van der Waals surface area (Å²) in [6.45, 7) is 0. The van der Waals surface area contributed by atoms with E-state index in [9.17, 15) is 9.59 Å². The Kier molecular flexibility index (Phi) is 5.79. The van der Waals surface area contributed by atoms with Gasteiger partial charge < -0.3 is 9.47 Å². The Morgan fingerprint density at radius 1 is 0.781 bits per heavy atom. The molecule has 3 atom stereocenters. The van der Waals surface area contributed by atoms with Gasteiger partial charge in [0, 0.05) is 12.0 Å². The second kappa shape index (κ2) is 8.87. The van der Waals surface area contributed by atoms with E-state index in [2.05, 4.69) is 0 Å². The molecule has 1 saturated heterocycles. The van der Waals surface area contributed by atoms with Gasteiger partial charge in [-0.2, -0.15) is 0 Å². The Morgan fingerprint density at radius 2 is 1.28 bits per heavy atom. The molecule has 0 aromatic heterocycles. The second-order valence-electron chi connectivity index (χ2n) is 7.88. The van der Waals surface area contributed by atoms with Crippen molar-refractivity contribution in [2.45, 2.75) is 29.7 Å². The van der Waals surface area contributed by atoms with Crippen LogP contribution in [0.2, 0.25) is 0 Å². The van der Waals surface area contributed by atoms with Gasteiger partial charge in [0.25, 0.3) is 0 Å². The molecule has 1 fully saturated rings. The number of hydrogen-bond donors (Lipinski definition) is 0. The largest absolute Gasteiger partial charge is 0.334 e. The normalized spacial score (nSPS) is 24.0. The van der Waals surface area contributed by atoms with Crippen LogP contribution >= 0.6 is 11.8 Å². The number of carbonyl (C=O) groups is 2. The zero-order valence-electron chi connectivity index (χ0n) is 17.3. The molecule has 0 amide bonds. The van der Waals surface area contributed by atoms with Crippen molar-refractivity contribution < 1.29 is 19.1 Å². The first-order valence-corrected chi connectivity index (χ1v) is 11.5. The Morgan fingerprint density at radius 3 is 1.81 bits per heavy atom. The van der Waals surface area contributed by atoms with E-state index in [-0.39, 0.29) is 29.5 Å². The van der Waals surface area contributed by atoms with Crippen molar-refractivity contribution in [2.24, 2.45) is 0 Å². The SMILES string of the molecule is O=C1C=CC2(O[C@H](c3ccccc3)[C@@H](c3ccccc3)O2)C(SC(=O)c2ccccc2)C1. The molecule has 1 aliphatic carbocycles. The van der Waals surface area contributed by atoms with Crippen LogP contribution in [0.15, 0.2) is 103 Å². The average molecular weight is 443 g/mol. The van der Waals surface area contributed by atoms with E-state index in [0.717, 1.165) is 22.9 Å². The van der Waals surface area contributed by atoms with Crippen molar-refractivity contribution >= 4 is 22.7 Å². The van der Waals surface area contributed by atoms with Crippen LogP contribution in [0.4, 0.5) is 0 Å². The lowest BCUT2D eigenvalue weighted by Gasteiger charge is -2.34. The van der Waals surface area contributed by atoms with E-state index < -0.39 is 11.0 Å². The molecule has 3 aromatic rings. The number of allylic oxidation sites excluding steroid dienone is 1. The van der Waals surface area contributed by atoms with Crippen LogP contribution in [0.3, 0.4) is 0 Å². The van der Waals surface area contributed by atoms with Crippen molar-refractivity contribution in [3.63, 3.8) is 0 Å². The fourth-order valence-corrected chi connectivity index (χ4v) is 5.29. The lowest BCUT2D eigenvalue weighted by atomic mass is 9.99. The predicted octanol–water partition coefficient (Wildman–Crippen LogP) is 5.68. The van der Waals surface area contributed by atoms with Gasteiger partial charge in [-0.1, -0.05) is 103 Å². The summed E-state index contributed by atoms with van der Waals surface area (Å²) >= 11 is 1.11. The number of benzene rings is 3. The van der Waals surface area contributed by atoms with Crippen LogP contribution in [0.25, 0.3) is 0 Å². The number of carbonyl (C=O) groups excluding carboxylic acids is 2. The highest BCUT2D eigenvalue weighted by molar-refractivity contribution is 8.14. The van der Waals surface area contributed by atoms with Crippen LogP contribution < -0.4 is 0 Å². The summed E-state index contributed by atoms with van der Waals surface area (Å²) in [5.74, 6) is -1.22. The smallest absolute Gasteiger partial charge is 0.219 e. The molecule has 0 N–H and O–H groups in total. The summed E-state index contributed by atoms with van der Waals surface area (Å²) in [5.41, 5.74) is 2.56. The molecule has 1 unspecified atom stereocenters. The summed E-state index contributed by atoms with van der Waals surface area (Å²) in [5, 5.41) is -0.600. The van der Waals surface area contributed by atoms with E-state index in [4.69, 9.17) is 9.47 Å². The van der Waals surface area contributed by atoms with Gasteiger partial charge in [-0.25, -0.2) is 0 Å². The molecular formula is C27H22O4S. The van der Waals surface area contributed by atoms with Crippen LogP contribution in [0, 0.1) is 0 Å². The Balaban J connectivity index is 1.51. The van der Waals surface area contributed by atoms with Crippen molar-refractivity contribution in [3.05, 3.63) is 120 Å². The van der Waals surface area contributed by atoms with E-state index in [0.29, 0.717) is 5.56 Å². The highest BCUT2D eigenvalue weighted by atomic mass is 32.2. The monoisotopic (exact) mass is 442 g/mol. The van der Waals surface area contributed by atoms with Crippen LogP contribution in [-0.4, -0.2) is 21.9 Å². The zero-order valence-corrected chi connectivity index (χ0v) is 18.1. The topological polar surface area (TPSA) is 52.6 Å². The number of thioether (sulfide) groups is 1. The molecule has 4 nitrogen and oxygen atoms in total. The molecular weight excluding hydrogens is 420 g/mol. The maximum atomic E-state index is 13.0. The minimum atomic E-state index is -1.18. The van der Waals surface area contributed by atoms with Gasteiger partial charge in [0.2, 0.25) is 10.9 Å². The van der Waals surface area contributed by atoms with Crippen LogP contribution in [0.1, 0.15) is 40.1 Å². The summed E-state index contributed by atoms with van der Waals surface area (Å²) < 4.78 is 13.2. The maximum absolute atomic E-state index is 13.0. The summed E-state index contributed by atoms with van der Waals surface area (Å²) in [4.78, 5) is 25.3. The van der Waals surface area contributed by atoms with E-state index >= 15 is 0 Å². The molecule has 2 aliphatic rings. The number of ether oxygens (including phenoxy) is 2. The van der Waals surface area contributed by atoms with Gasteiger partial charge in [-0.3, -0.25) is 9.59 Å². The number of ketones is 1. The molecule has 0 bridgehead atoms. The highest BCUT2D eigenvalue weighted by Crippen LogP contribution is 2.52. The number of rotatable bonds is 4. The lowest BCUT2D eigenvalue weighted by molar-refractivity contribution is -0.147. The molecule has 3 aromatic carbocycles. The minimum Gasteiger partial charge on any atom is -0.334 e. The molecule has 1 aliphatic heterocycles. The molecule has 1 heterocycles. The number of hydrogen-bond acceptors (Lipinski definition) is 5. The Bertz CT molecular complexity index is 1080. The third kappa shape index (κ3) is 4.07. The lowest BCUT2D eigenvalue weighted by Crippen LogP contribution is -2.44. The predicted molar refractivity (Wildman–Crippen MR) is 124 cm³/mol. The van der Waals surface area contributed by atoms with E-state index in [1.54, 1.807) is 18.2 Å². The third-order valence-electron chi connectivity index (χ3n) is 5.75. The molecule has 5 heteroatoms. The molecule has 160 valence electrons. The fourth-order valence-electron chi connectivity index (χ4n) is 4.15. The standard InChI is InChI=1S/C27H22O4S/c28-22-16-17-27(23(18-22)32-26(29)21-14-8-3-9-15-21)30-24(19-10-4-1-5-11-19)25(31-27)20-12-6-2-7-13-20/h1-17,23-25H,18H2/t23?,24-,25-/m1/s1. The summed E-state index contributed by atoms with van der Waals surface area (Å²) in [6, 6.07) is 28.9. The Hall–Kier alpha value is -2.99. The van der Waals surface area contributed by atoms with Crippen LogP contribution in [0.5, 0.6) is 0 Å². The maximum Gasteiger partial charge on any atom is 0.219 e. The van der Waals surface area contributed by atoms with Gasteiger partial charge >= 0.3 is 0 Å². The van der Waals surface area contributed by atoms with Gasteiger partial charge in [0.1, 0.15) is 12.2 Å². The minimum absolute atomic E-state index is 0.0411. The highest BCUT2D eigenvalue weighted by Gasteiger charge is 2.54. The third-order valence-corrected chi connectivity index (χ3v) is 6.98. The molecule has 5 rings (SSSR count). The zero-order chi connectivity index (χ0) is 22.0. The first kappa shape index (κ1) is 20.9. The molecule has 0 saturated carbocycles. The summed E-state index contributed by atoms with van der Waals surface area (Å²) in [7, 11) is 0. The van der Waals surface area contributed by atoms with Gasteiger partial charge in [-0.15, -0.1) is 0 Å². The molecule has 0 radical (unpaired) electrons. The van der Waals surface area contributed by atoms with Gasteiger partial charge in [-0.05, 0) is 23.3 Å². The first-order chi connectivity index (χ1) is 15.6. The van der Waals surface area contributed by atoms with Crippen molar-refractivity contribution in [3.8, 4) is 0 Å².